The first-order valence-corrected chi connectivity index (χ1v) is 6.84. The third-order valence-corrected chi connectivity index (χ3v) is 3.47. The van der Waals surface area contributed by atoms with Gasteiger partial charge in [-0.3, -0.25) is 4.79 Å². The second-order valence-electron chi connectivity index (χ2n) is 5.16. The van der Waals surface area contributed by atoms with Gasteiger partial charge in [0.05, 0.1) is 13.2 Å². The smallest absolute Gasteiger partial charge is 0.189 e. The minimum Gasteiger partial charge on any atom is -0.394 e. The third kappa shape index (κ3) is 4.87. The summed E-state index contributed by atoms with van der Waals surface area (Å²) in [6, 6.07) is 0. The van der Waals surface area contributed by atoms with Gasteiger partial charge in [0, 0.05) is 0 Å². The van der Waals surface area contributed by atoms with Crippen molar-refractivity contribution >= 4 is 5.78 Å². The van der Waals surface area contributed by atoms with Crippen LogP contribution in [-0.4, -0.2) is 115 Å². The molecule has 0 spiro atoms. The van der Waals surface area contributed by atoms with Gasteiger partial charge in [-0.15, -0.1) is 0 Å². The van der Waals surface area contributed by atoms with E-state index in [4.69, 9.17) is 24.8 Å². The van der Waals surface area contributed by atoms with Gasteiger partial charge in [-0.05, 0) is 0 Å². The molecular formula is C12H22O11. The Bertz CT molecular complexity index is 376. The molecule has 1 aliphatic rings. The average molecular weight is 342 g/mol. The molecule has 0 aromatic carbocycles. The molecule has 1 aliphatic heterocycles. The molecule has 136 valence electrons. The molecule has 1 saturated heterocycles. The number of hydrogen-bond acceptors (Lipinski definition) is 11. The van der Waals surface area contributed by atoms with Gasteiger partial charge in [0.15, 0.2) is 12.1 Å². The van der Waals surface area contributed by atoms with Crippen LogP contribution in [0.4, 0.5) is 0 Å². The van der Waals surface area contributed by atoms with Crippen LogP contribution in [0.25, 0.3) is 0 Å². The van der Waals surface area contributed by atoms with Crippen LogP contribution < -0.4 is 0 Å². The van der Waals surface area contributed by atoms with Crippen molar-refractivity contribution in [2.75, 3.05) is 19.8 Å². The van der Waals surface area contributed by atoms with Gasteiger partial charge in [-0.2, -0.15) is 0 Å². The van der Waals surface area contributed by atoms with Gasteiger partial charge in [0.25, 0.3) is 0 Å². The molecule has 23 heavy (non-hydrogen) atoms. The fourth-order valence-corrected chi connectivity index (χ4v) is 1.96. The van der Waals surface area contributed by atoms with Gasteiger partial charge >= 0.3 is 0 Å². The number of carbonyl (C=O) groups is 1. The summed E-state index contributed by atoms with van der Waals surface area (Å²) >= 11 is 0. The number of ether oxygens (including phenoxy) is 2. The van der Waals surface area contributed by atoms with Crippen LogP contribution in [0.1, 0.15) is 0 Å². The lowest BCUT2D eigenvalue weighted by molar-refractivity contribution is -0.299. The van der Waals surface area contributed by atoms with Crippen molar-refractivity contribution < 1.29 is 55.1 Å². The Hall–Kier alpha value is -0.730. The molecule has 11 nitrogen and oxygen atoms in total. The summed E-state index contributed by atoms with van der Waals surface area (Å²) in [5.41, 5.74) is 0. The fourth-order valence-electron chi connectivity index (χ4n) is 1.96. The van der Waals surface area contributed by atoms with E-state index in [2.05, 4.69) is 0 Å². The lowest BCUT2D eigenvalue weighted by Crippen LogP contribution is -2.59. The number of ketones is 1. The van der Waals surface area contributed by atoms with Crippen molar-refractivity contribution in [3.05, 3.63) is 0 Å². The maximum Gasteiger partial charge on any atom is 0.189 e. The second kappa shape index (κ2) is 8.94. The molecule has 0 amide bonds. The van der Waals surface area contributed by atoms with Crippen LogP contribution in [0.5, 0.6) is 0 Å². The predicted molar refractivity (Wildman–Crippen MR) is 69.8 cm³/mol. The van der Waals surface area contributed by atoms with Crippen molar-refractivity contribution in [1.29, 1.82) is 0 Å². The van der Waals surface area contributed by atoms with E-state index in [1.807, 2.05) is 0 Å². The summed E-state index contributed by atoms with van der Waals surface area (Å²) < 4.78 is 9.85. The van der Waals surface area contributed by atoms with Gasteiger partial charge in [-0.1, -0.05) is 0 Å². The standard InChI is InChI=1S/C12H22O11/c13-1-4(15)7(17)8(18)5(16)3-22-12-11(21)10(20)9(19)6(2-14)23-12/h4,6-15,17-21H,1-3H2/t4-,6+,7+,8-,9-,10-,11+,12+/m0/s1. The number of aliphatic hydroxyl groups is 8. The van der Waals surface area contributed by atoms with Crippen LogP contribution in [0.2, 0.25) is 0 Å². The molecule has 0 radical (unpaired) electrons. The molecule has 0 saturated carbocycles. The van der Waals surface area contributed by atoms with E-state index in [-0.39, 0.29) is 0 Å². The second-order valence-corrected chi connectivity index (χ2v) is 5.16. The summed E-state index contributed by atoms with van der Waals surface area (Å²) in [4.78, 5) is 11.6. The molecule has 0 aromatic rings. The summed E-state index contributed by atoms with van der Waals surface area (Å²) in [6.45, 7) is -2.42. The molecule has 11 heteroatoms. The van der Waals surface area contributed by atoms with Gasteiger partial charge in [0.1, 0.15) is 49.3 Å². The van der Waals surface area contributed by atoms with Crippen molar-refractivity contribution in [2.45, 2.75) is 49.0 Å². The topological polar surface area (TPSA) is 197 Å². The molecule has 1 heterocycles. The minimum atomic E-state index is -2.05. The first kappa shape index (κ1) is 20.3. The highest BCUT2D eigenvalue weighted by Gasteiger charge is 2.44. The zero-order chi connectivity index (χ0) is 17.7. The number of hydrogen-bond donors (Lipinski definition) is 8. The van der Waals surface area contributed by atoms with E-state index in [0.29, 0.717) is 0 Å². The minimum absolute atomic E-state index is 0.678. The Morgan fingerprint density at radius 3 is 2.17 bits per heavy atom. The third-order valence-electron chi connectivity index (χ3n) is 3.47. The maximum absolute atomic E-state index is 11.6. The van der Waals surface area contributed by atoms with Crippen LogP contribution in [0, 0.1) is 0 Å². The van der Waals surface area contributed by atoms with Crippen molar-refractivity contribution in [3.8, 4) is 0 Å². The van der Waals surface area contributed by atoms with E-state index in [9.17, 15) is 30.3 Å². The molecule has 8 atom stereocenters. The first-order valence-electron chi connectivity index (χ1n) is 6.84. The Morgan fingerprint density at radius 1 is 1.04 bits per heavy atom. The fraction of sp³-hybridized carbons (Fsp3) is 0.917. The predicted octanol–water partition coefficient (Wildman–Crippen LogP) is -5.55. The Kier molecular flexibility index (Phi) is 7.89. The highest BCUT2D eigenvalue weighted by Crippen LogP contribution is 2.22. The van der Waals surface area contributed by atoms with E-state index < -0.39 is 74.6 Å². The van der Waals surface area contributed by atoms with Crippen LogP contribution in [-0.2, 0) is 14.3 Å². The molecule has 1 fully saturated rings. The molecule has 0 aromatic heterocycles. The Morgan fingerprint density at radius 2 is 1.65 bits per heavy atom. The maximum atomic E-state index is 11.6. The van der Waals surface area contributed by atoms with E-state index >= 15 is 0 Å². The zero-order valence-corrected chi connectivity index (χ0v) is 12.0. The first-order chi connectivity index (χ1) is 10.7. The molecular weight excluding hydrogens is 320 g/mol. The molecule has 0 bridgehead atoms. The number of carbonyl (C=O) groups excluding carboxylic acids is 1. The van der Waals surface area contributed by atoms with Crippen molar-refractivity contribution in [3.63, 3.8) is 0 Å². The van der Waals surface area contributed by atoms with Crippen LogP contribution >= 0.6 is 0 Å². The van der Waals surface area contributed by atoms with Gasteiger partial charge < -0.3 is 50.3 Å². The van der Waals surface area contributed by atoms with Gasteiger partial charge in [0.2, 0.25) is 0 Å². The van der Waals surface area contributed by atoms with E-state index in [0.717, 1.165) is 0 Å². The molecule has 0 unspecified atom stereocenters. The summed E-state index contributed by atoms with van der Waals surface area (Å²) in [6.07, 6.45) is -13.5. The molecule has 1 rings (SSSR count). The quantitative estimate of drug-likeness (QED) is 0.209. The lowest BCUT2D eigenvalue weighted by Gasteiger charge is -2.39. The number of rotatable bonds is 8. The average Bonchev–Trinajstić information content (AvgIpc) is 2.56. The highest BCUT2D eigenvalue weighted by atomic mass is 16.7. The molecule has 8 N–H and O–H groups in total. The lowest BCUT2D eigenvalue weighted by atomic mass is 9.99. The SMILES string of the molecule is O=C(CO[C@@H]1O[C@H](CO)[C@H](O)[C@H](O)[C@H]1O)[C@H](O)[C@H](O)[C@@H](O)CO. The van der Waals surface area contributed by atoms with Crippen molar-refractivity contribution in [1.82, 2.24) is 0 Å². The molecule has 0 aliphatic carbocycles. The number of Topliss-reactive ketones (excluding diaryl/α,β-unsaturated/α-hetero) is 1. The zero-order valence-electron chi connectivity index (χ0n) is 12.0. The Labute approximate surface area is 130 Å². The van der Waals surface area contributed by atoms with E-state index in [1.165, 1.54) is 0 Å². The highest BCUT2D eigenvalue weighted by molar-refractivity contribution is 5.84. The summed E-state index contributed by atoms with van der Waals surface area (Å²) in [7, 11) is 0. The normalized spacial score (nSPS) is 35.6. The van der Waals surface area contributed by atoms with Gasteiger partial charge in [-0.25, -0.2) is 0 Å². The van der Waals surface area contributed by atoms with Crippen molar-refractivity contribution in [2.24, 2.45) is 0 Å². The summed E-state index contributed by atoms with van der Waals surface area (Å²) in [5, 5.41) is 74.4. The summed E-state index contributed by atoms with van der Waals surface area (Å²) in [5.74, 6) is -1.08. The largest absolute Gasteiger partial charge is 0.394 e. The van der Waals surface area contributed by atoms with Crippen LogP contribution in [0.15, 0.2) is 0 Å². The monoisotopic (exact) mass is 342 g/mol. The Balaban J connectivity index is 2.57. The van der Waals surface area contributed by atoms with Crippen LogP contribution in [0.3, 0.4) is 0 Å². The van der Waals surface area contributed by atoms with E-state index in [1.54, 1.807) is 0 Å². The number of aliphatic hydroxyl groups excluding tert-OH is 8.